The molecule has 0 amide bonds. The second-order valence-corrected chi connectivity index (χ2v) is 5.68. The first-order valence-electron chi connectivity index (χ1n) is 4.57. The number of hydrogen-bond acceptors (Lipinski definition) is 3. The van der Waals surface area contributed by atoms with Gasteiger partial charge in [0.15, 0.2) is 9.84 Å². The molecule has 3 nitrogen and oxygen atoms in total. The van der Waals surface area contributed by atoms with E-state index >= 15 is 0 Å². The van der Waals surface area contributed by atoms with Crippen molar-refractivity contribution >= 4 is 9.84 Å². The number of halogens is 1. The highest BCUT2D eigenvalue weighted by Gasteiger charge is 2.48. The molecule has 15 heavy (non-hydrogen) atoms. The number of ether oxygens (including phenoxy) is 1. The molecule has 1 fully saturated rings. The second-order valence-electron chi connectivity index (χ2n) is 3.51. The molecule has 0 N–H and O–H groups in total. The van der Waals surface area contributed by atoms with E-state index in [9.17, 15) is 12.8 Å². The minimum atomic E-state index is -3.47. The van der Waals surface area contributed by atoms with Crippen LogP contribution in [-0.4, -0.2) is 26.9 Å². The summed E-state index contributed by atoms with van der Waals surface area (Å²) in [6, 6.07) is 6.00. The molecule has 1 saturated carbocycles. The van der Waals surface area contributed by atoms with Gasteiger partial charge in [-0.2, -0.15) is 0 Å². The van der Waals surface area contributed by atoms with Crippen molar-refractivity contribution in [2.45, 2.75) is 22.7 Å². The van der Waals surface area contributed by atoms with Crippen LogP contribution in [0.1, 0.15) is 6.42 Å². The standard InChI is InChI=1S/C10H11FO3S/c1-14-7-2-4-8(5-3-7)15(12,13)10-6-9(10)11/h2-5,9-10H,6H2,1H3/t9-,10+/m0/s1. The molecule has 1 aromatic rings. The zero-order valence-corrected chi connectivity index (χ0v) is 9.00. The molecule has 0 saturated heterocycles. The Morgan fingerprint density at radius 3 is 2.27 bits per heavy atom. The monoisotopic (exact) mass is 230 g/mol. The number of benzene rings is 1. The van der Waals surface area contributed by atoms with E-state index in [1.54, 1.807) is 12.1 Å². The quantitative estimate of drug-likeness (QED) is 0.791. The smallest absolute Gasteiger partial charge is 0.184 e. The lowest BCUT2D eigenvalue weighted by Gasteiger charge is -2.03. The Bertz CT molecular complexity index is 452. The summed E-state index contributed by atoms with van der Waals surface area (Å²) in [7, 11) is -1.97. The van der Waals surface area contributed by atoms with Gasteiger partial charge in [0.2, 0.25) is 0 Å². The van der Waals surface area contributed by atoms with Crippen LogP contribution in [0.25, 0.3) is 0 Å². The fraction of sp³-hybridized carbons (Fsp3) is 0.400. The van der Waals surface area contributed by atoms with E-state index < -0.39 is 21.3 Å². The predicted molar refractivity (Wildman–Crippen MR) is 53.5 cm³/mol. The molecule has 0 bridgehead atoms. The van der Waals surface area contributed by atoms with E-state index in [2.05, 4.69) is 0 Å². The first-order valence-corrected chi connectivity index (χ1v) is 6.12. The van der Waals surface area contributed by atoms with Gasteiger partial charge in [0.05, 0.1) is 17.3 Å². The molecule has 82 valence electrons. The van der Waals surface area contributed by atoms with Crippen LogP contribution in [0.5, 0.6) is 5.75 Å². The van der Waals surface area contributed by atoms with E-state index in [-0.39, 0.29) is 11.3 Å². The van der Waals surface area contributed by atoms with Crippen LogP contribution in [0.3, 0.4) is 0 Å². The average Bonchev–Trinajstić information content (AvgIpc) is 2.96. The molecule has 1 aliphatic rings. The highest BCUT2D eigenvalue weighted by molar-refractivity contribution is 7.92. The molecule has 1 aliphatic carbocycles. The molecular formula is C10H11FO3S. The van der Waals surface area contributed by atoms with Crippen molar-refractivity contribution in [3.8, 4) is 5.75 Å². The molecule has 0 unspecified atom stereocenters. The Morgan fingerprint density at radius 2 is 1.87 bits per heavy atom. The molecule has 2 rings (SSSR count). The van der Waals surface area contributed by atoms with E-state index in [0.29, 0.717) is 5.75 Å². The maximum atomic E-state index is 12.7. The van der Waals surface area contributed by atoms with Crippen LogP contribution in [0, 0.1) is 0 Å². The lowest BCUT2D eigenvalue weighted by molar-refractivity contribution is 0.414. The third-order valence-electron chi connectivity index (χ3n) is 2.44. The first kappa shape index (κ1) is 10.4. The Labute approximate surface area is 87.8 Å². The van der Waals surface area contributed by atoms with Crippen molar-refractivity contribution in [3.05, 3.63) is 24.3 Å². The van der Waals surface area contributed by atoms with Crippen LogP contribution in [-0.2, 0) is 9.84 Å². The third-order valence-corrected chi connectivity index (χ3v) is 4.66. The molecule has 0 radical (unpaired) electrons. The largest absolute Gasteiger partial charge is 0.497 e. The lowest BCUT2D eigenvalue weighted by Crippen LogP contribution is -2.09. The minimum Gasteiger partial charge on any atom is -0.497 e. The fourth-order valence-electron chi connectivity index (χ4n) is 1.40. The summed E-state index contributed by atoms with van der Waals surface area (Å²) in [5, 5.41) is -0.842. The predicted octanol–water partition coefficient (Wildman–Crippen LogP) is 1.58. The first-order chi connectivity index (χ1) is 7.05. The molecule has 0 aromatic heterocycles. The molecule has 2 atom stereocenters. The normalized spacial score (nSPS) is 24.9. The summed E-state index contributed by atoms with van der Waals surface area (Å²) in [6.07, 6.45) is -1.08. The summed E-state index contributed by atoms with van der Waals surface area (Å²) in [5.41, 5.74) is 0. The average molecular weight is 230 g/mol. The Balaban J connectivity index is 2.29. The molecule has 1 aromatic carbocycles. The number of alkyl halides is 1. The van der Waals surface area contributed by atoms with Crippen molar-refractivity contribution in [2.75, 3.05) is 7.11 Å². The summed E-state index contributed by atoms with van der Waals surface area (Å²) in [4.78, 5) is 0.161. The maximum Gasteiger partial charge on any atom is 0.184 e. The van der Waals surface area contributed by atoms with Gasteiger partial charge in [-0.25, -0.2) is 12.8 Å². The van der Waals surface area contributed by atoms with Crippen molar-refractivity contribution in [3.63, 3.8) is 0 Å². The minimum absolute atomic E-state index is 0.119. The SMILES string of the molecule is COc1ccc(S(=O)(=O)[C@@H]2C[C@@H]2F)cc1. The molecule has 0 aliphatic heterocycles. The van der Waals surface area contributed by atoms with Crippen molar-refractivity contribution < 1.29 is 17.5 Å². The molecule has 5 heteroatoms. The van der Waals surface area contributed by atoms with E-state index in [4.69, 9.17) is 4.74 Å². The van der Waals surface area contributed by atoms with Crippen LogP contribution in [0.4, 0.5) is 4.39 Å². The molecule has 0 heterocycles. The third kappa shape index (κ3) is 1.84. The maximum absolute atomic E-state index is 12.7. The van der Waals surface area contributed by atoms with Crippen LogP contribution >= 0.6 is 0 Å². The van der Waals surface area contributed by atoms with Gasteiger partial charge in [0.25, 0.3) is 0 Å². The van der Waals surface area contributed by atoms with Crippen LogP contribution in [0.2, 0.25) is 0 Å². The van der Waals surface area contributed by atoms with E-state index in [1.807, 2.05) is 0 Å². The van der Waals surface area contributed by atoms with Gasteiger partial charge in [0.1, 0.15) is 11.9 Å². The zero-order chi connectivity index (χ0) is 11.1. The van der Waals surface area contributed by atoms with Gasteiger partial charge in [0, 0.05) is 0 Å². The van der Waals surface area contributed by atoms with Gasteiger partial charge >= 0.3 is 0 Å². The van der Waals surface area contributed by atoms with Crippen molar-refractivity contribution in [1.29, 1.82) is 0 Å². The fourth-order valence-corrected chi connectivity index (χ4v) is 3.10. The summed E-state index contributed by atoms with van der Waals surface area (Å²) >= 11 is 0. The van der Waals surface area contributed by atoms with Gasteiger partial charge < -0.3 is 4.74 Å². The second kappa shape index (κ2) is 3.48. The van der Waals surface area contributed by atoms with E-state index in [0.717, 1.165) is 0 Å². The van der Waals surface area contributed by atoms with Crippen LogP contribution in [0.15, 0.2) is 29.2 Å². The number of sulfone groups is 1. The molecular weight excluding hydrogens is 219 g/mol. The molecule has 0 spiro atoms. The summed E-state index contributed by atoms with van der Waals surface area (Å²) < 4.78 is 41.1. The van der Waals surface area contributed by atoms with Gasteiger partial charge in [-0.15, -0.1) is 0 Å². The summed E-state index contributed by atoms with van der Waals surface area (Å²) in [6.45, 7) is 0. The number of rotatable bonds is 3. The lowest BCUT2D eigenvalue weighted by atomic mass is 10.3. The Hall–Kier alpha value is -1.10. The summed E-state index contributed by atoms with van der Waals surface area (Å²) in [5.74, 6) is 0.585. The topological polar surface area (TPSA) is 43.4 Å². The zero-order valence-electron chi connectivity index (χ0n) is 8.18. The van der Waals surface area contributed by atoms with E-state index in [1.165, 1.54) is 19.2 Å². The number of methoxy groups -OCH3 is 1. The Morgan fingerprint density at radius 1 is 1.33 bits per heavy atom. The Kier molecular flexibility index (Phi) is 2.42. The van der Waals surface area contributed by atoms with Crippen molar-refractivity contribution in [1.82, 2.24) is 0 Å². The van der Waals surface area contributed by atoms with Gasteiger partial charge in [-0.3, -0.25) is 0 Å². The van der Waals surface area contributed by atoms with Gasteiger partial charge in [-0.1, -0.05) is 0 Å². The highest BCUT2D eigenvalue weighted by Crippen LogP contribution is 2.37. The van der Waals surface area contributed by atoms with Crippen LogP contribution < -0.4 is 4.74 Å². The highest BCUT2D eigenvalue weighted by atomic mass is 32.2. The van der Waals surface area contributed by atoms with Crippen molar-refractivity contribution in [2.24, 2.45) is 0 Å². The van der Waals surface area contributed by atoms with Gasteiger partial charge in [-0.05, 0) is 30.7 Å². The number of hydrogen-bond donors (Lipinski definition) is 0.